The number of ether oxygens (including phenoxy) is 1. The summed E-state index contributed by atoms with van der Waals surface area (Å²) < 4.78 is 5.16. The Morgan fingerprint density at radius 1 is 1.23 bits per heavy atom. The van der Waals surface area contributed by atoms with Crippen molar-refractivity contribution in [2.24, 2.45) is 0 Å². The summed E-state index contributed by atoms with van der Waals surface area (Å²) in [6, 6.07) is 16.0. The van der Waals surface area contributed by atoms with Gasteiger partial charge in [0, 0.05) is 5.69 Å². The summed E-state index contributed by atoms with van der Waals surface area (Å²) in [5.74, 6) is -0.137. The first-order chi connectivity index (χ1) is 12.6. The number of amides is 1. The SMILES string of the molecule is CCc1ccc(NC(=O)/C(C#N)=C/c2ccc(OCC#N)c(Cl)c2)cc1. The number of halogens is 1. The summed E-state index contributed by atoms with van der Waals surface area (Å²) in [5, 5.41) is 20.8. The summed E-state index contributed by atoms with van der Waals surface area (Å²) >= 11 is 6.08. The van der Waals surface area contributed by atoms with Crippen molar-refractivity contribution in [3.05, 3.63) is 64.2 Å². The lowest BCUT2D eigenvalue weighted by atomic mass is 10.1. The van der Waals surface area contributed by atoms with Crippen LogP contribution in [-0.4, -0.2) is 12.5 Å². The minimum atomic E-state index is -0.502. The number of aryl methyl sites for hydroxylation is 1. The van der Waals surface area contributed by atoms with Crippen molar-refractivity contribution in [2.75, 3.05) is 11.9 Å². The molecular weight excluding hydrogens is 350 g/mol. The van der Waals surface area contributed by atoms with Gasteiger partial charge in [0.1, 0.15) is 23.5 Å². The van der Waals surface area contributed by atoms with E-state index in [2.05, 4.69) is 5.32 Å². The molecule has 0 fully saturated rings. The summed E-state index contributed by atoms with van der Waals surface area (Å²) in [7, 11) is 0. The van der Waals surface area contributed by atoms with Gasteiger partial charge < -0.3 is 10.1 Å². The van der Waals surface area contributed by atoms with E-state index in [1.165, 1.54) is 6.08 Å². The normalized spacial score (nSPS) is 10.5. The second-order valence-corrected chi connectivity index (χ2v) is 5.72. The average Bonchev–Trinajstić information content (AvgIpc) is 2.66. The van der Waals surface area contributed by atoms with Crippen LogP contribution in [0.4, 0.5) is 5.69 Å². The summed E-state index contributed by atoms with van der Waals surface area (Å²) in [6.07, 6.45) is 2.35. The Labute approximate surface area is 157 Å². The molecule has 0 unspecified atom stereocenters. The highest BCUT2D eigenvalue weighted by atomic mass is 35.5. The number of carbonyl (C=O) groups excluding carboxylic acids is 1. The fourth-order valence-corrected chi connectivity index (χ4v) is 2.41. The van der Waals surface area contributed by atoms with Crippen LogP contribution in [0, 0.1) is 22.7 Å². The molecule has 6 heteroatoms. The number of rotatable bonds is 6. The van der Waals surface area contributed by atoms with Gasteiger partial charge in [0.2, 0.25) is 0 Å². The Hall–Kier alpha value is -3.28. The first kappa shape index (κ1) is 19.1. The fourth-order valence-electron chi connectivity index (χ4n) is 2.17. The predicted octanol–water partition coefficient (Wildman–Crippen LogP) is 4.35. The Morgan fingerprint density at radius 2 is 1.96 bits per heavy atom. The van der Waals surface area contributed by atoms with E-state index < -0.39 is 5.91 Å². The number of anilines is 1. The molecule has 0 heterocycles. The Morgan fingerprint density at radius 3 is 2.54 bits per heavy atom. The molecule has 2 rings (SSSR count). The molecule has 2 aromatic carbocycles. The molecule has 0 saturated carbocycles. The van der Waals surface area contributed by atoms with E-state index >= 15 is 0 Å². The van der Waals surface area contributed by atoms with E-state index in [0.717, 1.165) is 12.0 Å². The van der Waals surface area contributed by atoms with Crippen molar-refractivity contribution in [1.82, 2.24) is 0 Å². The van der Waals surface area contributed by atoms with Crippen molar-refractivity contribution in [3.63, 3.8) is 0 Å². The zero-order chi connectivity index (χ0) is 18.9. The Balaban J connectivity index is 2.15. The van der Waals surface area contributed by atoms with Gasteiger partial charge in [0.05, 0.1) is 5.02 Å². The Kier molecular flexibility index (Phi) is 6.79. The van der Waals surface area contributed by atoms with Crippen molar-refractivity contribution < 1.29 is 9.53 Å². The van der Waals surface area contributed by atoms with Gasteiger partial charge in [-0.3, -0.25) is 4.79 Å². The van der Waals surface area contributed by atoms with Crippen LogP contribution in [0.15, 0.2) is 48.0 Å². The molecular formula is C20H16ClN3O2. The minimum Gasteiger partial charge on any atom is -0.477 e. The van der Waals surface area contributed by atoms with Crippen LogP contribution in [0.3, 0.4) is 0 Å². The first-order valence-electron chi connectivity index (χ1n) is 7.88. The van der Waals surface area contributed by atoms with E-state index in [4.69, 9.17) is 21.6 Å². The van der Waals surface area contributed by atoms with Gasteiger partial charge >= 0.3 is 0 Å². The third kappa shape index (κ3) is 5.11. The molecule has 0 bridgehead atoms. The first-order valence-corrected chi connectivity index (χ1v) is 8.26. The molecule has 5 nitrogen and oxygen atoms in total. The van der Waals surface area contributed by atoms with Gasteiger partial charge in [0.15, 0.2) is 6.61 Å². The zero-order valence-corrected chi connectivity index (χ0v) is 14.9. The van der Waals surface area contributed by atoms with E-state index in [-0.39, 0.29) is 12.2 Å². The lowest BCUT2D eigenvalue weighted by Crippen LogP contribution is -2.13. The summed E-state index contributed by atoms with van der Waals surface area (Å²) in [6.45, 7) is 1.93. The number of nitrogens with one attached hydrogen (secondary N) is 1. The molecule has 0 aliphatic heterocycles. The molecule has 2 aromatic rings. The van der Waals surface area contributed by atoms with Gasteiger partial charge in [-0.25, -0.2) is 0 Å². The van der Waals surface area contributed by atoms with Crippen LogP contribution >= 0.6 is 11.6 Å². The van der Waals surface area contributed by atoms with Crippen LogP contribution in [-0.2, 0) is 11.2 Å². The van der Waals surface area contributed by atoms with Gasteiger partial charge in [-0.2, -0.15) is 10.5 Å². The van der Waals surface area contributed by atoms with Crippen molar-refractivity contribution >= 4 is 29.3 Å². The number of nitriles is 2. The van der Waals surface area contributed by atoms with Crippen LogP contribution in [0.1, 0.15) is 18.1 Å². The molecule has 130 valence electrons. The molecule has 0 saturated heterocycles. The number of nitrogens with zero attached hydrogens (tertiary/aromatic N) is 2. The molecule has 0 aromatic heterocycles. The lowest BCUT2D eigenvalue weighted by Gasteiger charge is -2.07. The monoisotopic (exact) mass is 365 g/mol. The lowest BCUT2D eigenvalue weighted by molar-refractivity contribution is -0.112. The summed E-state index contributed by atoms with van der Waals surface area (Å²) in [4.78, 5) is 12.3. The van der Waals surface area contributed by atoms with Crippen LogP contribution in [0.2, 0.25) is 5.02 Å². The largest absolute Gasteiger partial charge is 0.477 e. The average molecular weight is 366 g/mol. The van der Waals surface area contributed by atoms with E-state index in [0.29, 0.717) is 22.0 Å². The van der Waals surface area contributed by atoms with Gasteiger partial charge in [0.25, 0.3) is 5.91 Å². The predicted molar refractivity (Wildman–Crippen MR) is 101 cm³/mol. The molecule has 0 spiro atoms. The maximum absolute atomic E-state index is 12.3. The highest BCUT2D eigenvalue weighted by Crippen LogP contribution is 2.26. The topological polar surface area (TPSA) is 85.9 Å². The van der Waals surface area contributed by atoms with Crippen molar-refractivity contribution in [3.8, 4) is 17.9 Å². The highest BCUT2D eigenvalue weighted by Gasteiger charge is 2.10. The van der Waals surface area contributed by atoms with E-state index in [1.54, 1.807) is 30.3 Å². The van der Waals surface area contributed by atoms with Crippen molar-refractivity contribution in [2.45, 2.75) is 13.3 Å². The highest BCUT2D eigenvalue weighted by molar-refractivity contribution is 6.32. The smallest absolute Gasteiger partial charge is 0.266 e. The third-order valence-electron chi connectivity index (χ3n) is 3.54. The fraction of sp³-hybridized carbons (Fsp3) is 0.150. The van der Waals surface area contributed by atoms with E-state index in [9.17, 15) is 10.1 Å². The number of hydrogen-bond acceptors (Lipinski definition) is 4. The number of carbonyl (C=O) groups is 1. The second-order valence-electron chi connectivity index (χ2n) is 5.31. The van der Waals surface area contributed by atoms with Crippen LogP contribution in [0.5, 0.6) is 5.75 Å². The summed E-state index contributed by atoms with van der Waals surface area (Å²) in [5.41, 5.74) is 2.30. The molecule has 0 aliphatic carbocycles. The van der Waals surface area contributed by atoms with Gasteiger partial charge in [-0.15, -0.1) is 0 Å². The molecule has 1 N–H and O–H groups in total. The van der Waals surface area contributed by atoms with Crippen LogP contribution in [0.25, 0.3) is 6.08 Å². The van der Waals surface area contributed by atoms with Gasteiger partial charge in [-0.05, 0) is 47.9 Å². The number of benzene rings is 2. The quantitative estimate of drug-likeness (QED) is 0.609. The molecule has 26 heavy (non-hydrogen) atoms. The van der Waals surface area contributed by atoms with Crippen molar-refractivity contribution in [1.29, 1.82) is 10.5 Å². The minimum absolute atomic E-state index is 0.0497. The maximum atomic E-state index is 12.3. The van der Waals surface area contributed by atoms with E-state index in [1.807, 2.05) is 31.2 Å². The second kappa shape index (κ2) is 9.27. The molecule has 0 atom stereocenters. The maximum Gasteiger partial charge on any atom is 0.266 e. The molecule has 1 amide bonds. The number of hydrogen-bond donors (Lipinski definition) is 1. The zero-order valence-electron chi connectivity index (χ0n) is 14.1. The van der Waals surface area contributed by atoms with Gasteiger partial charge in [-0.1, -0.05) is 36.7 Å². The molecule has 0 radical (unpaired) electrons. The molecule has 0 aliphatic rings. The van der Waals surface area contributed by atoms with Crippen LogP contribution < -0.4 is 10.1 Å². The standard InChI is InChI=1S/C20H16ClN3O2/c1-2-14-3-6-17(7-4-14)24-20(25)16(13-23)11-15-5-8-19(18(21)12-15)26-10-9-22/h3-8,11-12H,2,10H2,1H3,(H,24,25)/b16-11+. The third-order valence-corrected chi connectivity index (χ3v) is 3.84. The Bertz CT molecular complexity index is 906.